The highest BCUT2D eigenvalue weighted by atomic mass is 19.1. The van der Waals surface area contributed by atoms with E-state index in [-0.39, 0.29) is 17.6 Å². The van der Waals surface area contributed by atoms with Crippen LogP contribution < -0.4 is 0 Å². The minimum absolute atomic E-state index is 0.0586. The van der Waals surface area contributed by atoms with Crippen LogP contribution in [0, 0.1) is 5.82 Å². The molecule has 0 radical (unpaired) electrons. The molecule has 3 aromatic rings. The summed E-state index contributed by atoms with van der Waals surface area (Å²) in [6.45, 7) is 1.56. The maximum absolute atomic E-state index is 13.1. The monoisotopic (exact) mass is 400 g/mol. The Morgan fingerprint density at radius 2 is 2.14 bits per heavy atom. The fraction of sp³-hybridized carbons (Fsp3) is 0.400. The van der Waals surface area contributed by atoms with Crippen molar-refractivity contribution in [2.75, 3.05) is 26.8 Å². The molecule has 0 unspecified atom stereocenters. The summed E-state index contributed by atoms with van der Waals surface area (Å²) in [7, 11) is 1.59. The number of methoxy groups -OCH3 is 1. The van der Waals surface area contributed by atoms with Gasteiger partial charge < -0.3 is 18.7 Å². The number of hydrogen-bond donors (Lipinski definition) is 0. The number of aromatic nitrogens is 3. The van der Waals surface area contributed by atoms with Crippen LogP contribution >= 0.6 is 0 Å². The fourth-order valence-corrected chi connectivity index (χ4v) is 3.46. The maximum Gasteiger partial charge on any atom is 0.259 e. The zero-order valence-corrected chi connectivity index (χ0v) is 16.0. The van der Waals surface area contributed by atoms with Crippen molar-refractivity contribution >= 4 is 5.91 Å². The first-order valence-electron chi connectivity index (χ1n) is 9.47. The molecule has 1 aliphatic rings. The topological polar surface area (TPSA) is 94.5 Å². The minimum Gasteiger partial charge on any atom is -0.384 e. The summed E-state index contributed by atoms with van der Waals surface area (Å²) >= 11 is 0. The van der Waals surface area contributed by atoms with Crippen LogP contribution in [0.5, 0.6) is 0 Å². The van der Waals surface area contributed by atoms with Crippen molar-refractivity contribution in [1.29, 1.82) is 0 Å². The predicted molar refractivity (Wildman–Crippen MR) is 99.7 cm³/mol. The third-order valence-corrected chi connectivity index (χ3v) is 5.01. The van der Waals surface area contributed by atoms with E-state index in [0.29, 0.717) is 54.7 Å². The van der Waals surface area contributed by atoms with Gasteiger partial charge in [0.15, 0.2) is 5.76 Å². The molecule has 0 aliphatic carbocycles. The summed E-state index contributed by atoms with van der Waals surface area (Å²) in [6, 6.07) is 5.92. The van der Waals surface area contributed by atoms with E-state index < -0.39 is 0 Å². The molecule has 4 rings (SSSR count). The zero-order chi connectivity index (χ0) is 20.2. The number of ether oxygens (including phenoxy) is 1. The van der Waals surface area contributed by atoms with Gasteiger partial charge in [-0.25, -0.2) is 4.39 Å². The van der Waals surface area contributed by atoms with Gasteiger partial charge in [-0.1, -0.05) is 10.3 Å². The number of rotatable bonds is 6. The lowest BCUT2D eigenvalue weighted by Crippen LogP contribution is -2.39. The molecule has 152 valence electrons. The van der Waals surface area contributed by atoms with E-state index in [4.69, 9.17) is 13.8 Å². The van der Waals surface area contributed by atoms with Crippen LogP contribution in [0.1, 0.15) is 40.8 Å². The number of piperidine rings is 1. The molecule has 2 aromatic heterocycles. The average molecular weight is 400 g/mol. The Morgan fingerprint density at radius 1 is 1.31 bits per heavy atom. The van der Waals surface area contributed by atoms with Crippen molar-refractivity contribution < 1.29 is 23.0 Å². The molecule has 0 saturated carbocycles. The van der Waals surface area contributed by atoms with Crippen LogP contribution in [-0.2, 0) is 11.2 Å². The summed E-state index contributed by atoms with van der Waals surface area (Å²) in [5.41, 5.74) is 1.14. The number of likely N-dealkylation sites (tertiary alicyclic amines) is 1. The fourth-order valence-electron chi connectivity index (χ4n) is 3.46. The van der Waals surface area contributed by atoms with Crippen LogP contribution in [0.4, 0.5) is 4.39 Å². The van der Waals surface area contributed by atoms with E-state index in [1.54, 1.807) is 24.1 Å². The molecule has 0 bridgehead atoms. The Labute approximate surface area is 166 Å². The van der Waals surface area contributed by atoms with E-state index in [2.05, 4.69) is 15.3 Å². The molecule has 0 spiro atoms. The summed E-state index contributed by atoms with van der Waals surface area (Å²) in [4.78, 5) is 19.2. The van der Waals surface area contributed by atoms with Crippen LogP contribution in [0.2, 0.25) is 0 Å². The first-order chi connectivity index (χ1) is 14.2. The van der Waals surface area contributed by atoms with Crippen LogP contribution in [-0.4, -0.2) is 52.9 Å². The molecular formula is C20H21FN4O4. The Hall–Kier alpha value is -3.07. The second-order valence-corrected chi connectivity index (χ2v) is 6.96. The summed E-state index contributed by atoms with van der Waals surface area (Å²) in [6.07, 6.45) is 3.61. The molecule has 1 fully saturated rings. The van der Waals surface area contributed by atoms with Gasteiger partial charge in [0.05, 0.1) is 18.7 Å². The largest absolute Gasteiger partial charge is 0.384 e. The van der Waals surface area contributed by atoms with Gasteiger partial charge in [-0.05, 0) is 37.1 Å². The van der Waals surface area contributed by atoms with Gasteiger partial charge in [-0.15, -0.1) is 0 Å². The van der Waals surface area contributed by atoms with Gasteiger partial charge in [0, 0.05) is 32.2 Å². The first kappa shape index (κ1) is 19.3. The van der Waals surface area contributed by atoms with Gasteiger partial charge in [0.1, 0.15) is 11.4 Å². The van der Waals surface area contributed by atoms with E-state index in [0.717, 1.165) is 12.8 Å². The lowest BCUT2D eigenvalue weighted by Gasteiger charge is -2.30. The molecule has 1 aliphatic heterocycles. The van der Waals surface area contributed by atoms with Crippen LogP contribution in [0.15, 0.2) is 39.5 Å². The normalized spacial score (nSPS) is 16.9. The Morgan fingerprint density at radius 3 is 2.93 bits per heavy atom. The van der Waals surface area contributed by atoms with Gasteiger partial charge >= 0.3 is 0 Å². The third-order valence-electron chi connectivity index (χ3n) is 5.01. The first-order valence-corrected chi connectivity index (χ1v) is 9.47. The average Bonchev–Trinajstić information content (AvgIpc) is 3.42. The number of benzene rings is 1. The highest BCUT2D eigenvalue weighted by Gasteiger charge is 2.31. The molecule has 29 heavy (non-hydrogen) atoms. The van der Waals surface area contributed by atoms with E-state index in [1.807, 2.05) is 0 Å². The number of carbonyl (C=O) groups is 1. The number of hydrogen-bond acceptors (Lipinski definition) is 7. The SMILES string of the molecule is COCCc1oncc1C(=O)N1CCC[C@H](c2nc(-c3ccc(F)cc3)no2)C1. The zero-order valence-electron chi connectivity index (χ0n) is 16.0. The number of halogens is 1. The molecule has 0 N–H and O–H groups in total. The molecule has 1 saturated heterocycles. The second-order valence-electron chi connectivity index (χ2n) is 6.96. The van der Waals surface area contributed by atoms with Crippen LogP contribution in [0.25, 0.3) is 11.4 Å². The summed E-state index contributed by atoms with van der Waals surface area (Å²) < 4.78 is 28.8. The van der Waals surface area contributed by atoms with Crippen molar-refractivity contribution in [3.05, 3.63) is 53.5 Å². The van der Waals surface area contributed by atoms with Gasteiger partial charge in [-0.2, -0.15) is 4.98 Å². The van der Waals surface area contributed by atoms with Crippen molar-refractivity contribution in [2.24, 2.45) is 0 Å². The lowest BCUT2D eigenvalue weighted by atomic mass is 9.97. The molecule has 1 aromatic carbocycles. The lowest BCUT2D eigenvalue weighted by molar-refractivity contribution is 0.0692. The van der Waals surface area contributed by atoms with Crippen LogP contribution in [0.3, 0.4) is 0 Å². The standard InChI is InChI=1S/C20H21FN4O4/c1-27-10-8-17-16(11-22-28-17)20(26)25-9-2-3-14(12-25)19-23-18(24-29-19)13-4-6-15(21)7-5-13/h4-7,11,14H,2-3,8-10,12H2,1H3/t14-/m0/s1. The van der Waals surface area contributed by atoms with Crippen molar-refractivity contribution in [2.45, 2.75) is 25.2 Å². The molecule has 3 heterocycles. The summed E-state index contributed by atoms with van der Waals surface area (Å²) in [5, 5.41) is 7.77. The highest BCUT2D eigenvalue weighted by Crippen LogP contribution is 2.29. The van der Waals surface area contributed by atoms with E-state index in [9.17, 15) is 9.18 Å². The number of carbonyl (C=O) groups excluding carboxylic acids is 1. The number of amides is 1. The quantitative estimate of drug-likeness (QED) is 0.627. The van der Waals surface area contributed by atoms with Gasteiger partial charge in [-0.3, -0.25) is 4.79 Å². The molecule has 1 atom stereocenters. The highest BCUT2D eigenvalue weighted by molar-refractivity contribution is 5.95. The van der Waals surface area contributed by atoms with Crippen molar-refractivity contribution in [3.8, 4) is 11.4 Å². The maximum atomic E-state index is 13.1. The molecule has 1 amide bonds. The summed E-state index contributed by atoms with van der Waals surface area (Å²) in [5.74, 6) is 0.904. The Balaban J connectivity index is 1.47. The predicted octanol–water partition coefficient (Wildman–Crippen LogP) is 3.07. The van der Waals surface area contributed by atoms with E-state index in [1.165, 1.54) is 18.3 Å². The van der Waals surface area contributed by atoms with Crippen molar-refractivity contribution in [1.82, 2.24) is 20.2 Å². The van der Waals surface area contributed by atoms with Crippen molar-refractivity contribution in [3.63, 3.8) is 0 Å². The van der Waals surface area contributed by atoms with Gasteiger partial charge in [0.2, 0.25) is 11.7 Å². The van der Waals surface area contributed by atoms with Gasteiger partial charge in [0.25, 0.3) is 5.91 Å². The Kier molecular flexibility index (Phi) is 5.66. The minimum atomic E-state index is -0.322. The Bertz CT molecular complexity index is 969. The molecule has 8 nitrogen and oxygen atoms in total. The molecular weight excluding hydrogens is 379 g/mol. The van der Waals surface area contributed by atoms with E-state index >= 15 is 0 Å². The third kappa shape index (κ3) is 4.19. The smallest absolute Gasteiger partial charge is 0.259 e. The molecule has 9 heteroatoms. The second kappa shape index (κ2) is 8.52. The number of nitrogens with zero attached hydrogens (tertiary/aromatic N) is 4.